The quantitative estimate of drug-likeness (QED) is 0.796. The van der Waals surface area contributed by atoms with E-state index in [9.17, 15) is 5.11 Å². The topological polar surface area (TPSA) is 55.5 Å². The molecule has 0 fully saturated rings. The van der Waals surface area contributed by atoms with Crippen molar-refractivity contribution in [3.05, 3.63) is 23.8 Å². The van der Waals surface area contributed by atoms with Gasteiger partial charge in [0.2, 0.25) is 0 Å². The lowest BCUT2D eigenvalue weighted by atomic mass is 9.85. The van der Waals surface area contributed by atoms with Crippen LogP contribution in [0.3, 0.4) is 0 Å². The molecule has 3 nitrogen and oxygen atoms in total. The number of hydrogen-bond donors (Lipinski definition) is 2. The van der Waals surface area contributed by atoms with Crippen molar-refractivity contribution in [3.63, 3.8) is 0 Å². The highest BCUT2D eigenvalue weighted by atomic mass is 16.5. The summed E-state index contributed by atoms with van der Waals surface area (Å²) in [6, 6.07) is 5.18. The fourth-order valence-electron chi connectivity index (χ4n) is 1.47. The Kier molecular flexibility index (Phi) is 3.58. The molecule has 3 heteroatoms. The lowest BCUT2D eigenvalue weighted by molar-refractivity contribution is 0.357. The molecule has 0 aliphatic heterocycles. The van der Waals surface area contributed by atoms with Gasteiger partial charge in [-0.15, -0.1) is 0 Å². The molecule has 0 amide bonds. The minimum Gasteiger partial charge on any atom is -0.508 e. The molecule has 1 aromatic rings. The van der Waals surface area contributed by atoms with Gasteiger partial charge < -0.3 is 15.6 Å². The standard InChI is InChI=1S/C12H19NO2/c1-12(2,8-13)7-9-4-5-10(14)6-11(9)15-3/h4-6,14H,7-8,13H2,1-3H3. The van der Waals surface area contributed by atoms with Crippen molar-refractivity contribution in [2.45, 2.75) is 20.3 Å². The SMILES string of the molecule is COc1cc(O)ccc1CC(C)(C)CN. The van der Waals surface area contributed by atoms with E-state index in [1.54, 1.807) is 19.2 Å². The number of phenols is 1. The number of phenolic OH excluding ortho intramolecular Hbond substituents is 1. The smallest absolute Gasteiger partial charge is 0.125 e. The van der Waals surface area contributed by atoms with Crippen molar-refractivity contribution >= 4 is 0 Å². The zero-order valence-electron chi connectivity index (χ0n) is 9.58. The molecule has 0 aromatic heterocycles. The Morgan fingerprint density at radius 2 is 2.07 bits per heavy atom. The first kappa shape index (κ1) is 11.9. The van der Waals surface area contributed by atoms with Gasteiger partial charge in [0.1, 0.15) is 11.5 Å². The van der Waals surface area contributed by atoms with Crippen molar-refractivity contribution < 1.29 is 9.84 Å². The number of nitrogens with two attached hydrogens (primary N) is 1. The minimum absolute atomic E-state index is 0.0459. The van der Waals surface area contributed by atoms with Crippen molar-refractivity contribution in [2.75, 3.05) is 13.7 Å². The Labute approximate surface area is 90.9 Å². The Morgan fingerprint density at radius 3 is 2.60 bits per heavy atom. The molecule has 0 heterocycles. The zero-order valence-corrected chi connectivity index (χ0v) is 9.58. The molecular formula is C12H19NO2. The predicted octanol–water partition coefficient (Wildman–Crippen LogP) is 1.93. The van der Waals surface area contributed by atoms with E-state index in [1.807, 2.05) is 6.07 Å². The molecule has 0 bridgehead atoms. The normalized spacial score (nSPS) is 11.5. The van der Waals surface area contributed by atoms with Crippen LogP contribution in [0.25, 0.3) is 0 Å². The maximum Gasteiger partial charge on any atom is 0.125 e. The van der Waals surface area contributed by atoms with Crippen LogP contribution >= 0.6 is 0 Å². The third-order valence-corrected chi connectivity index (χ3v) is 2.49. The summed E-state index contributed by atoms with van der Waals surface area (Å²) >= 11 is 0. The van der Waals surface area contributed by atoms with E-state index in [4.69, 9.17) is 10.5 Å². The van der Waals surface area contributed by atoms with Crippen LogP contribution in [0.15, 0.2) is 18.2 Å². The highest BCUT2D eigenvalue weighted by Crippen LogP contribution is 2.29. The van der Waals surface area contributed by atoms with E-state index in [0.717, 1.165) is 17.7 Å². The zero-order chi connectivity index (χ0) is 11.5. The van der Waals surface area contributed by atoms with Gasteiger partial charge in [0.15, 0.2) is 0 Å². The molecule has 1 aromatic carbocycles. The summed E-state index contributed by atoms with van der Waals surface area (Å²) in [7, 11) is 1.60. The van der Waals surface area contributed by atoms with E-state index >= 15 is 0 Å². The van der Waals surface area contributed by atoms with E-state index in [2.05, 4.69) is 13.8 Å². The van der Waals surface area contributed by atoms with Crippen LogP contribution in [0.2, 0.25) is 0 Å². The van der Waals surface area contributed by atoms with Crippen LogP contribution in [0.1, 0.15) is 19.4 Å². The van der Waals surface area contributed by atoms with Gasteiger partial charge >= 0.3 is 0 Å². The molecule has 1 rings (SSSR count). The second kappa shape index (κ2) is 4.53. The van der Waals surface area contributed by atoms with Crippen LogP contribution < -0.4 is 10.5 Å². The second-order valence-corrected chi connectivity index (χ2v) is 4.54. The molecule has 0 unspecified atom stereocenters. The Bertz CT molecular complexity index is 334. The van der Waals surface area contributed by atoms with Crippen molar-refractivity contribution in [2.24, 2.45) is 11.1 Å². The van der Waals surface area contributed by atoms with Gasteiger partial charge in [0, 0.05) is 6.07 Å². The number of ether oxygens (including phenoxy) is 1. The lowest BCUT2D eigenvalue weighted by Gasteiger charge is -2.23. The summed E-state index contributed by atoms with van der Waals surface area (Å²) in [5.74, 6) is 0.942. The van der Waals surface area contributed by atoms with Gasteiger partial charge in [-0.25, -0.2) is 0 Å². The van der Waals surface area contributed by atoms with Crippen LogP contribution in [0.4, 0.5) is 0 Å². The summed E-state index contributed by atoms with van der Waals surface area (Å²) in [6.45, 7) is 4.84. The summed E-state index contributed by atoms with van der Waals surface area (Å²) in [5.41, 5.74) is 6.81. The third-order valence-electron chi connectivity index (χ3n) is 2.49. The molecule has 15 heavy (non-hydrogen) atoms. The fraction of sp³-hybridized carbons (Fsp3) is 0.500. The van der Waals surface area contributed by atoms with E-state index in [0.29, 0.717) is 6.54 Å². The number of aromatic hydroxyl groups is 1. The van der Waals surface area contributed by atoms with Gasteiger partial charge in [-0.3, -0.25) is 0 Å². The maximum atomic E-state index is 9.32. The van der Waals surface area contributed by atoms with Crippen molar-refractivity contribution in [1.82, 2.24) is 0 Å². The Morgan fingerprint density at radius 1 is 1.40 bits per heavy atom. The van der Waals surface area contributed by atoms with Gasteiger partial charge in [0.25, 0.3) is 0 Å². The van der Waals surface area contributed by atoms with Gasteiger partial charge in [0.05, 0.1) is 7.11 Å². The highest BCUT2D eigenvalue weighted by molar-refractivity contribution is 5.40. The van der Waals surface area contributed by atoms with Gasteiger partial charge in [-0.2, -0.15) is 0 Å². The maximum absolute atomic E-state index is 9.32. The average Bonchev–Trinajstić information content (AvgIpc) is 2.20. The first-order valence-corrected chi connectivity index (χ1v) is 5.04. The average molecular weight is 209 g/mol. The van der Waals surface area contributed by atoms with E-state index < -0.39 is 0 Å². The highest BCUT2D eigenvalue weighted by Gasteiger charge is 2.18. The summed E-state index contributed by atoms with van der Waals surface area (Å²) < 4.78 is 5.22. The monoisotopic (exact) mass is 209 g/mol. The van der Waals surface area contributed by atoms with E-state index in [1.165, 1.54) is 0 Å². The van der Waals surface area contributed by atoms with Crippen molar-refractivity contribution in [1.29, 1.82) is 0 Å². The molecule has 0 saturated heterocycles. The second-order valence-electron chi connectivity index (χ2n) is 4.54. The molecule has 0 aliphatic rings. The largest absolute Gasteiger partial charge is 0.508 e. The first-order chi connectivity index (χ1) is 6.98. The number of benzene rings is 1. The summed E-state index contributed by atoms with van der Waals surface area (Å²) in [4.78, 5) is 0. The van der Waals surface area contributed by atoms with Crippen LogP contribution in [-0.2, 0) is 6.42 Å². The Hall–Kier alpha value is -1.22. The molecule has 0 atom stereocenters. The van der Waals surface area contributed by atoms with Gasteiger partial charge in [-0.1, -0.05) is 19.9 Å². The number of hydrogen-bond acceptors (Lipinski definition) is 3. The Balaban J connectivity index is 2.94. The minimum atomic E-state index is 0.0459. The number of rotatable bonds is 4. The molecule has 0 radical (unpaired) electrons. The van der Waals surface area contributed by atoms with Crippen molar-refractivity contribution in [3.8, 4) is 11.5 Å². The molecule has 84 valence electrons. The lowest BCUT2D eigenvalue weighted by Crippen LogP contribution is -2.26. The molecule has 0 aliphatic carbocycles. The van der Waals surface area contributed by atoms with Gasteiger partial charge in [-0.05, 0) is 30.0 Å². The molecule has 3 N–H and O–H groups in total. The first-order valence-electron chi connectivity index (χ1n) is 5.04. The summed E-state index contributed by atoms with van der Waals surface area (Å²) in [5, 5.41) is 9.32. The molecular weight excluding hydrogens is 190 g/mol. The summed E-state index contributed by atoms with van der Waals surface area (Å²) in [6.07, 6.45) is 0.840. The van der Waals surface area contributed by atoms with E-state index in [-0.39, 0.29) is 11.2 Å². The van der Waals surface area contributed by atoms with Crippen LogP contribution in [0, 0.1) is 5.41 Å². The number of methoxy groups -OCH3 is 1. The fourth-order valence-corrected chi connectivity index (χ4v) is 1.47. The van der Waals surface area contributed by atoms with Crippen LogP contribution in [-0.4, -0.2) is 18.8 Å². The van der Waals surface area contributed by atoms with Crippen LogP contribution in [0.5, 0.6) is 11.5 Å². The predicted molar refractivity (Wildman–Crippen MR) is 61.2 cm³/mol. The third kappa shape index (κ3) is 3.13. The molecule has 0 spiro atoms. The molecule has 0 saturated carbocycles.